The van der Waals surface area contributed by atoms with Crippen LogP contribution in [0.4, 0.5) is 0 Å². The molecule has 1 atom stereocenters. The van der Waals surface area contributed by atoms with Crippen LogP contribution >= 0.6 is 0 Å². The van der Waals surface area contributed by atoms with Crippen molar-refractivity contribution in [2.75, 3.05) is 41.1 Å². The summed E-state index contributed by atoms with van der Waals surface area (Å²) in [7, 11) is 4.39. The second kappa shape index (κ2) is 11.4. The standard InChI is InChI=1S/C24H29NO7/c1-28-20-9-5-4-7-18(20)14-25(15-19-8-6-12-31-19)24(27)17-10-11-21(29-2)22(13-17)32-16-23(26)30-3/h4-5,7,9-11,13,19H,6,8,12,14-16H2,1-3H3. The highest BCUT2D eigenvalue weighted by Gasteiger charge is 2.25. The number of hydrogen-bond acceptors (Lipinski definition) is 7. The normalized spacial score (nSPS) is 15.2. The number of rotatable bonds is 10. The van der Waals surface area contributed by atoms with Crippen LogP contribution in [0.3, 0.4) is 0 Å². The Hall–Kier alpha value is -3.26. The third-order valence-electron chi connectivity index (χ3n) is 5.27. The minimum absolute atomic E-state index is 0.0121. The maximum atomic E-state index is 13.5. The number of carbonyl (C=O) groups is 2. The van der Waals surface area contributed by atoms with E-state index in [1.807, 2.05) is 24.3 Å². The van der Waals surface area contributed by atoms with Gasteiger partial charge in [-0.25, -0.2) is 4.79 Å². The zero-order chi connectivity index (χ0) is 22.9. The summed E-state index contributed by atoms with van der Waals surface area (Å²) >= 11 is 0. The van der Waals surface area contributed by atoms with Crippen LogP contribution in [0.1, 0.15) is 28.8 Å². The molecule has 1 unspecified atom stereocenters. The molecule has 1 heterocycles. The van der Waals surface area contributed by atoms with E-state index in [0.29, 0.717) is 31.0 Å². The first-order chi connectivity index (χ1) is 15.5. The van der Waals surface area contributed by atoms with Crippen LogP contribution in [-0.2, 0) is 20.8 Å². The van der Waals surface area contributed by atoms with Crippen molar-refractivity contribution in [1.29, 1.82) is 0 Å². The number of methoxy groups -OCH3 is 3. The van der Waals surface area contributed by atoms with E-state index in [2.05, 4.69) is 4.74 Å². The summed E-state index contributed by atoms with van der Waals surface area (Å²) in [5.74, 6) is 0.713. The van der Waals surface area contributed by atoms with Crippen molar-refractivity contribution in [3.63, 3.8) is 0 Å². The number of benzene rings is 2. The summed E-state index contributed by atoms with van der Waals surface area (Å²) in [6, 6.07) is 12.5. The van der Waals surface area contributed by atoms with Gasteiger partial charge in [-0.2, -0.15) is 0 Å². The Kier molecular flexibility index (Phi) is 8.33. The third-order valence-corrected chi connectivity index (χ3v) is 5.27. The maximum Gasteiger partial charge on any atom is 0.343 e. The monoisotopic (exact) mass is 443 g/mol. The average molecular weight is 443 g/mol. The second-order valence-corrected chi connectivity index (χ2v) is 7.36. The van der Waals surface area contributed by atoms with Crippen LogP contribution in [0.25, 0.3) is 0 Å². The Morgan fingerprint density at radius 1 is 1.03 bits per heavy atom. The molecule has 172 valence electrons. The van der Waals surface area contributed by atoms with Gasteiger partial charge in [0, 0.05) is 30.8 Å². The van der Waals surface area contributed by atoms with Gasteiger partial charge in [-0.05, 0) is 37.1 Å². The molecule has 8 heteroatoms. The lowest BCUT2D eigenvalue weighted by molar-refractivity contribution is -0.142. The fourth-order valence-electron chi connectivity index (χ4n) is 3.59. The SMILES string of the molecule is COC(=O)COc1cc(C(=O)N(Cc2ccccc2OC)CC2CCCO2)ccc1OC. The number of hydrogen-bond donors (Lipinski definition) is 0. The van der Waals surface area contributed by atoms with Gasteiger partial charge >= 0.3 is 5.97 Å². The van der Waals surface area contributed by atoms with Crippen LogP contribution in [0, 0.1) is 0 Å². The van der Waals surface area contributed by atoms with Crippen molar-refractivity contribution < 1.29 is 33.3 Å². The van der Waals surface area contributed by atoms with Crippen LogP contribution in [0.15, 0.2) is 42.5 Å². The van der Waals surface area contributed by atoms with Crippen LogP contribution < -0.4 is 14.2 Å². The molecule has 32 heavy (non-hydrogen) atoms. The molecule has 3 rings (SSSR count). The Balaban J connectivity index is 1.86. The Morgan fingerprint density at radius 2 is 1.81 bits per heavy atom. The molecule has 0 bridgehead atoms. The molecule has 0 spiro atoms. The summed E-state index contributed by atoms with van der Waals surface area (Å²) in [4.78, 5) is 26.8. The minimum Gasteiger partial charge on any atom is -0.496 e. The van der Waals surface area contributed by atoms with E-state index in [9.17, 15) is 9.59 Å². The Labute approximate surface area is 188 Å². The van der Waals surface area contributed by atoms with Gasteiger partial charge in [0.2, 0.25) is 0 Å². The van der Waals surface area contributed by atoms with Crippen LogP contribution in [0.5, 0.6) is 17.2 Å². The zero-order valence-corrected chi connectivity index (χ0v) is 18.7. The smallest absolute Gasteiger partial charge is 0.343 e. The molecular weight excluding hydrogens is 414 g/mol. The summed E-state index contributed by atoms with van der Waals surface area (Å²) < 4.78 is 26.7. The molecule has 1 saturated heterocycles. The lowest BCUT2D eigenvalue weighted by Gasteiger charge is -2.26. The third kappa shape index (κ3) is 5.91. The van der Waals surface area contributed by atoms with Gasteiger partial charge in [0.05, 0.1) is 27.4 Å². The first-order valence-corrected chi connectivity index (χ1v) is 10.5. The van der Waals surface area contributed by atoms with E-state index in [1.54, 1.807) is 30.2 Å². The summed E-state index contributed by atoms with van der Waals surface area (Å²) in [6.07, 6.45) is 1.88. The van der Waals surface area contributed by atoms with Gasteiger partial charge in [0.25, 0.3) is 5.91 Å². The zero-order valence-electron chi connectivity index (χ0n) is 18.7. The molecular formula is C24H29NO7. The van der Waals surface area contributed by atoms with Gasteiger partial charge in [-0.3, -0.25) is 4.79 Å². The van der Waals surface area contributed by atoms with E-state index in [-0.39, 0.29) is 24.4 Å². The van der Waals surface area contributed by atoms with E-state index < -0.39 is 5.97 Å². The summed E-state index contributed by atoms with van der Waals surface area (Å²) in [5, 5.41) is 0. The minimum atomic E-state index is -0.528. The predicted molar refractivity (Wildman–Crippen MR) is 117 cm³/mol. The second-order valence-electron chi connectivity index (χ2n) is 7.36. The molecule has 0 saturated carbocycles. The molecule has 1 aliphatic rings. The molecule has 0 aliphatic carbocycles. The molecule has 1 fully saturated rings. The molecule has 1 amide bonds. The highest BCUT2D eigenvalue weighted by atomic mass is 16.6. The number of nitrogens with zero attached hydrogens (tertiary/aromatic N) is 1. The topological polar surface area (TPSA) is 83.5 Å². The fraction of sp³-hybridized carbons (Fsp3) is 0.417. The fourth-order valence-corrected chi connectivity index (χ4v) is 3.59. The van der Waals surface area contributed by atoms with Crippen molar-refractivity contribution in [2.24, 2.45) is 0 Å². The maximum absolute atomic E-state index is 13.5. The van der Waals surface area contributed by atoms with Crippen LogP contribution in [-0.4, -0.2) is 64.0 Å². The van der Waals surface area contributed by atoms with Gasteiger partial charge in [0.1, 0.15) is 5.75 Å². The first-order valence-electron chi connectivity index (χ1n) is 10.5. The van der Waals surface area contributed by atoms with Gasteiger partial charge in [0.15, 0.2) is 18.1 Å². The summed E-state index contributed by atoms with van der Waals surface area (Å²) in [6.45, 7) is 1.25. The largest absolute Gasteiger partial charge is 0.496 e. The molecule has 2 aromatic rings. The van der Waals surface area contributed by atoms with Crippen molar-refractivity contribution in [1.82, 2.24) is 4.90 Å². The van der Waals surface area contributed by atoms with Gasteiger partial charge < -0.3 is 28.6 Å². The van der Waals surface area contributed by atoms with Gasteiger partial charge in [-0.15, -0.1) is 0 Å². The van der Waals surface area contributed by atoms with Gasteiger partial charge in [-0.1, -0.05) is 18.2 Å². The molecule has 2 aromatic carbocycles. The van der Waals surface area contributed by atoms with E-state index in [4.69, 9.17) is 18.9 Å². The quantitative estimate of drug-likeness (QED) is 0.522. The van der Waals surface area contributed by atoms with Crippen molar-refractivity contribution in [3.8, 4) is 17.2 Å². The van der Waals surface area contributed by atoms with Crippen molar-refractivity contribution in [3.05, 3.63) is 53.6 Å². The Morgan fingerprint density at radius 3 is 2.50 bits per heavy atom. The highest BCUT2D eigenvalue weighted by molar-refractivity contribution is 5.95. The number of amides is 1. The Bertz CT molecular complexity index is 924. The van der Waals surface area contributed by atoms with Crippen molar-refractivity contribution >= 4 is 11.9 Å². The lowest BCUT2D eigenvalue weighted by Crippen LogP contribution is -2.37. The van der Waals surface area contributed by atoms with Crippen molar-refractivity contribution in [2.45, 2.75) is 25.5 Å². The molecule has 8 nitrogen and oxygen atoms in total. The lowest BCUT2D eigenvalue weighted by atomic mass is 10.1. The summed E-state index contributed by atoms with van der Waals surface area (Å²) in [5.41, 5.74) is 1.32. The average Bonchev–Trinajstić information content (AvgIpc) is 3.34. The number of ether oxygens (including phenoxy) is 5. The number of esters is 1. The van der Waals surface area contributed by atoms with Crippen LogP contribution in [0.2, 0.25) is 0 Å². The number of carbonyl (C=O) groups excluding carboxylic acids is 2. The van der Waals surface area contributed by atoms with E-state index in [0.717, 1.165) is 24.2 Å². The molecule has 0 aromatic heterocycles. The molecule has 0 N–H and O–H groups in total. The molecule has 0 radical (unpaired) electrons. The van der Waals surface area contributed by atoms with E-state index in [1.165, 1.54) is 14.2 Å². The predicted octanol–water partition coefficient (Wildman–Crippen LogP) is 3.08. The highest BCUT2D eigenvalue weighted by Crippen LogP contribution is 2.30. The molecule has 1 aliphatic heterocycles. The first kappa shape index (κ1) is 23.4. The number of para-hydroxylation sites is 1. The van der Waals surface area contributed by atoms with E-state index >= 15 is 0 Å².